The summed E-state index contributed by atoms with van der Waals surface area (Å²) >= 11 is 0. The largest absolute Gasteiger partial charge is 0.395 e. The Morgan fingerprint density at radius 3 is 2.66 bits per heavy atom. The lowest BCUT2D eigenvalue weighted by Crippen LogP contribution is -2.17. The number of rotatable bonds is 7. The summed E-state index contributed by atoms with van der Waals surface area (Å²) < 4.78 is 0. The van der Waals surface area contributed by atoms with Crippen LogP contribution in [0.3, 0.4) is 0 Å². The van der Waals surface area contributed by atoms with Gasteiger partial charge in [-0.3, -0.25) is 4.98 Å². The summed E-state index contributed by atoms with van der Waals surface area (Å²) in [7, 11) is 0. The maximum atomic E-state index is 8.91. The lowest BCUT2D eigenvalue weighted by atomic mass is 9.99. The van der Waals surface area contributed by atoms with Crippen molar-refractivity contribution in [3.63, 3.8) is 0 Å². The molecule has 0 amide bonds. The molecule has 4 rings (SSSR count). The zero-order valence-electron chi connectivity index (χ0n) is 16.4. The fourth-order valence-corrected chi connectivity index (χ4v) is 3.43. The highest BCUT2D eigenvalue weighted by atomic mass is 16.3. The number of anilines is 2. The highest BCUT2D eigenvalue weighted by Gasteiger charge is 2.10. The van der Waals surface area contributed by atoms with Crippen molar-refractivity contribution in [3.8, 4) is 11.1 Å². The van der Waals surface area contributed by atoms with E-state index in [2.05, 4.69) is 76.1 Å². The van der Waals surface area contributed by atoms with Gasteiger partial charge in [0.25, 0.3) is 0 Å². The summed E-state index contributed by atoms with van der Waals surface area (Å²) in [5, 5.41) is 16.6. The summed E-state index contributed by atoms with van der Waals surface area (Å²) in [4.78, 5) is 9.17. The first-order valence-electron chi connectivity index (χ1n) is 9.73. The van der Waals surface area contributed by atoms with Crippen LogP contribution in [0.5, 0.6) is 0 Å². The van der Waals surface area contributed by atoms with Gasteiger partial charge in [0.1, 0.15) is 5.52 Å². The van der Waals surface area contributed by atoms with E-state index in [9.17, 15) is 0 Å². The van der Waals surface area contributed by atoms with Gasteiger partial charge in [0.15, 0.2) is 5.82 Å². The molecule has 0 aliphatic carbocycles. The molecular weight excluding hydrogens is 360 g/mol. The zero-order chi connectivity index (χ0) is 20.1. The number of nitrogens with one attached hydrogen (secondary N) is 2. The van der Waals surface area contributed by atoms with E-state index in [0.717, 1.165) is 28.0 Å². The second kappa shape index (κ2) is 8.82. The van der Waals surface area contributed by atoms with Crippen molar-refractivity contribution in [2.24, 2.45) is 0 Å². The van der Waals surface area contributed by atoms with E-state index in [-0.39, 0.29) is 6.61 Å². The van der Waals surface area contributed by atoms with Crippen LogP contribution in [-0.4, -0.2) is 28.2 Å². The number of pyridine rings is 2. The molecule has 0 radical (unpaired) electrons. The molecule has 146 valence electrons. The molecule has 0 atom stereocenters. The van der Waals surface area contributed by atoms with Gasteiger partial charge in [-0.1, -0.05) is 42.5 Å². The molecule has 0 fully saturated rings. The molecule has 0 aliphatic rings. The fraction of sp³-hybridized carbons (Fsp3) is 0.167. The van der Waals surface area contributed by atoms with Gasteiger partial charge in [0.2, 0.25) is 0 Å². The van der Waals surface area contributed by atoms with Crippen LogP contribution in [0.1, 0.15) is 11.1 Å². The Kier molecular flexibility index (Phi) is 5.79. The molecule has 29 heavy (non-hydrogen) atoms. The van der Waals surface area contributed by atoms with E-state index in [0.29, 0.717) is 13.1 Å². The van der Waals surface area contributed by atoms with Crippen LogP contribution >= 0.6 is 0 Å². The van der Waals surface area contributed by atoms with Crippen LogP contribution in [-0.2, 0) is 6.54 Å². The molecule has 0 saturated heterocycles. The minimum Gasteiger partial charge on any atom is -0.395 e. The first kappa shape index (κ1) is 19.1. The van der Waals surface area contributed by atoms with Gasteiger partial charge in [-0.15, -0.1) is 0 Å². The summed E-state index contributed by atoms with van der Waals surface area (Å²) in [6.07, 6.45) is 3.65. The van der Waals surface area contributed by atoms with Gasteiger partial charge < -0.3 is 15.7 Å². The maximum absolute atomic E-state index is 8.91. The third-order valence-corrected chi connectivity index (χ3v) is 4.95. The molecule has 0 bridgehead atoms. The number of fused-ring (bicyclic) bond motifs is 1. The monoisotopic (exact) mass is 384 g/mol. The lowest BCUT2D eigenvalue weighted by Gasteiger charge is -2.14. The van der Waals surface area contributed by atoms with Gasteiger partial charge in [-0.2, -0.15) is 0 Å². The normalized spacial score (nSPS) is 11.0. The van der Waals surface area contributed by atoms with Crippen molar-refractivity contribution >= 4 is 22.4 Å². The number of aliphatic hydroxyl groups is 1. The average Bonchev–Trinajstić information content (AvgIpc) is 2.76. The van der Waals surface area contributed by atoms with Crippen LogP contribution in [0.15, 0.2) is 73.1 Å². The SMILES string of the molecule is Cc1c(Nc2nccc3cc(CNCCO)cnc23)cccc1-c1ccccc1. The molecule has 0 unspecified atom stereocenters. The van der Waals surface area contributed by atoms with Crippen molar-refractivity contribution in [1.29, 1.82) is 0 Å². The Balaban J connectivity index is 1.64. The van der Waals surface area contributed by atoms with E-state index in [1.165, 1.54) is 16.7 Å². The van der Waals surface area contributed by atoms with Gasteiger partial charge >= 0.3 is 0 Å². The Hall–Kier alpha value is -3.28. The molecule has 2 heterocycles. The van der Waals surface area contributed by atoms with Crippen molar-refractivity contribution in [1.82, 2.24) is 15.3 Å². The smallest absolute Gasteiger partial charge is 0.156 e. The van der Waals surface area contributed by atoms with E-state index in [4.69, 9.17) is 5.11 Å². The molecule has 3 N–H and O–H groups in total. The maximum Gasteiger partial charge on any atom is 0.156 e. The molecule has 5 heteroatoms. The fourth-order valence-electron chi connectivity index (χ4n) is 3.43. The van der Waals surface area contributed by atoms with Gasteiger partial charge in [0.05, 0.1) is 6.61 Å². The van der Waals surface area contributed by atoms with Crippen molar-refractivity contribution < 1.29 is 5.11 Å². The van der Waals surface area contributed by atoms with Crippen LogP contribution in [0, 0.1) is 6.92 Å². The minimum absolute atomic E-state index is 0.125. The standard InChI is InChI=1S/C24H24N4O/c1-17-21(19-6-3-2-4-7-19)8-5-9-22(17)28-24-23-20(10-11-26-24)14-18(16-27-23)15-25-12-13-29/h2-11,14,16,25,29H,12-13,15H2,1H3,(H,26,28). The van der Waals surface area contributed by atoms with Gasteiger partial charge in [-0.25, -0.2) is 4.98 Å². The third kappa shape index (κ3) is 4.26. The predicted molar refractivity (Wildman–Crippen MR) is 118 cm³/mol. The third-order valence-electron chi connectivity index (χ3n) is 4.95. The topological polar surface area (TPSA) is 70.1 Å². The highest BCUT2D eigenvalue weighted by molar-refractivity contribution is 5.90. The van der Waals surface area contributed by atoms with Gasteiger partial charge in [0, 0.05) is 36.6 Å². The lowest BCUT2D eigenvalue weighted by molar-refractivity contribution is 0.292. The Labute approximate surface area is 170 Å². The Morgan fingerprint density at radius 2 is 1.83 bits per heavy atom. The first-order chi connectivity index (χ1) is 14.3. The molecule has 0 saturated carbocycles. The molecule has 0 aliphatic heterocycles. The summed E-state index contributed by atoms with van der Waals surface area (Å²) in [5.41, 5.74) is 6.48. The van der Waals surface area contributed by atoms with Crippen molar-refractivity contribution in [2.45, 2.75) is 13.5 Å². The zero-order valence-corrected chi connectivity index (χ0v) is 16.4. The Bertz CT molecular complexity index is 1110. The molecule has 4 aromatic rings. The summed E-state index contributed by atoms with van der Waals surface area (Å²) in [6, 6.07) is 20.7. The molecular formula is C24H24N4O. The van der Waals surface area contributed by atoms with Crippen molar-refractivity contribution in [2.75, 3.05) is 18.5 Å². The predicted octanol–water partition coefficient (Wildman–Crippen LogP) is 4.43. The number of hydrogen-bond acceptors (Lipinski definition) is 5. The first-order valence-corrected chi connectivity index (χ1v) is 9.73. The second-order valence-electron chi connectivity index (χ2n) is 6.94. The van der Waals surface area contributed by atoms with E-state index < -0.39 is 0 Å². The number of benzene rings is 2. The minimum atomic E-state index is 0.125. The molecule has 2 aromatic heterocycles. The highest BCUT2D eigenvalue weighted by Crippen LogP contribution is 2.31. The van der Waals surface area contributed by atoms with E-state index in [1.807, 2.05) is 18.3 Å². The molecule has 0 spiro atoms. The quantitative estimate of drug-likeness (QED) is 0.411. The van der Waals surface area contributed by atoms with E-state index >= 15 is 0 Å². The average molecular weight is 384 g/mol. The van der Waals surface area contributed by atoms with Crippen LogP contribution in [0.4, 0.5) is 11.5 Å². The van der Waals surface area contributed by atoms with Crippen molar-refractivity contribution in [3.05, 3.63) is 84.2 Å². The number of aliphatic hydroxyl groups excluding tert-OH is 1. The second-order valence-corrected chi connectivity index (χ2v) is 6.94. The summed E-state index contributed by atoms with van der Waals surface area (Å²) in [6.45, 7) is 3.49. The molecule has 5 nitrogen and oxygen atoms in total. The number of nitrogens with zero attached hydrogens (tertiary/aromatic N) is 2. The Morgan fingerprint density at radius 1 is 0.966 bits per heavy atom. The number of hydrogen-bond donors (Lipinski definition) is 3. The van der Waals surface area contributed by atoms with Gasteiger partial charge in [-0.05, 0) is 47.4 Å². The van der Waals surface area contributed by atoms with Crippen LogP contribution < -0.4 is 10.6 Å². The molecule has 2 aromatic carbocycles. The van der Waals surface area contributed by atoms with Crippen LogP contribution in [0.25, 0.3) is 22.0 Å². The summed E-state index contributed by atoms with van der Waals surface area (Å²) in [5.74, 6) is 0.741. The number of aromatic nitrogens is 2. The van der Waals surface area contributed by atoms with E-state index in [1.54, 1.807) is 6.20 Å². The van der Waals surface area contributed by atoms with Crippen LogP contribution in [0.2, 0.25) is 0 Å².